The van der Waals surface area contributed by atoms with Crippen molar-refractivity contribution in [2.24, 2.45) is 0 Å². The Hall–Kier alpha value is -3.48. The number of hydrogen-bond acceptors (Lipinski definition) is 7. The maximum atomic E-state index is 9.59. The number of pyridine rings is 2. The van der Waals surface area contributed by atoms with Crippen LogP contribution in [0.5, 0.6) is 5.88 Å². The second kappa shape index (κ2) is 8.81. The summed E-state index contributed by atoms with van der Waals surface area (Å²) in [4.78, 5) is 8.57. The Kier molecular flexibility index (Phi) is 5.70. The van der Waals surface area contributed by atoms with Crippen LogP contribution in [0.1, 0.15) is 48.9 Å². The molecule has 1 unspecified atom stereocenters. The summed E-state index contributed by atoms with van der Waals surface area (Å²) in [6, 6.07) is 8.11. The van der Waals surface area contributed by atoms with Crippen molar-refractivity contribution in [3.05, 3.63) is 58.8 Å². The second-order valence-corrected chi connectivity index (χ2v) is 8.61. The van der Waals surface area contributed by atoms with Crippen molar-refractivity contribution < 1.29 is 4.74 Å². The van der Waals surface area contributed by atoms with E-state index in [0.29, 0.717) is 28.3 Å². The molecule has 0 bridgehead atoms. The highest BCUT2D eigenvalue weighted by Gasteiger charge is 2.22. The number of imidazole rings is 1. The first-order valence-electron chi connectivity index (χ1n) is 10.9. The highest BCUT2D eigenvalue weighted by Crippen LogP contribution is 2.32. The van der Waals surface area contributed by atoms with Crippen LogP contribution in [-0.2, 0) is 0 Å². The SMILES string of the molecule is Cc1c(-c2cc(OC(C)c3cncc(Cl)c3)n3c(C#N)cnc3c2)nnn1C1CCNCC1. The zero-order chi connectivity index (χ0) is 22.9. The molecule has 168 valence electrons. The lowest BCUT2D eigenvalue weighted by molar-refractivity contribution is 0.214. The number of nitriles is 1. The first-order valence-corrected chi connectivity index (χ1v) is 11.2. The minimum absolute atomic E-state index is 0.332. The fraction of sp³-hybridized carbons (Fsp3) is 0.348. The topological polar surface area (TPSA) is 106 Å². The van der Waals surface area contributed by atoms with Gasteiger partial charge in [-0.25, -0.2) is 9.67 Å². The van der Waals surface area contributed by atoms with E-state index in [1.807, 2.05) is 36.7 Å². The number of ether oxygens (including phenoxy) is 1. The monoisotopic (exact) mass is 462 g/mol. The maximum absolute atomic E-state index is 9.59. The summed E-state index contributed by atoms with van der Waals surface area (Å²) in [5.74, 6) is 0.486. The van der Waals surface area contributed by atoms with Crippen LogP contribution in [0, 0.1) is 18.3 Å². The van der Waals surface area contributed by atoms with Crippen molar-refractivity contribution >= 4 is 17.2 Å². The van der Waals surface area contributed by atoms with Crippen LogP contribution in [0.25, 0.3) is 16.9 Å². The lowest BCUT2D eigenvalue weighted by Gasteiger charge is -2.23. The Morgan fingerprint density at radius 2 is 2.03 bits per heavy atom. The van der Waals surface area contributed by atoms with E-state index >= 15 is 0 Å². The van der Waals surface area contributed by atoms with Gasteiger partial charge in [-0.05, 0) is 51.9 Å². The third-order valence-corrected chi connectivity index (χ3v) is 6.24. The van der Waals surface area contributed by atoms with Crippen LogP contribution in [0.3, 0.4) is 0 Å². The lowest BCUT2D eigenvalue weighted by atomic mass is 10.1. The first-order chi connectivity index (χ1) is 16.0. The van der Waals surface area contributed by atoms with Gasteiger partial charge in [-0.2, -0.15) is 5.26 Å². The molecule has 4 aromatic heterocycles. The van der Waals surface area contributed by atoms with Gasteiger partial charge in [0.15, 0.2) is 0 Å². The number of aromatic nitrogens is 6. The van der Waals surface area contributed by atoms with Crippen molar-refractivity contribution in [3.8, 4) is 23.2 Å². The Morgan fingerprint density at radius 1 is 1.21 bits per heavy atom. The van der Waals surface area contributed by atoms with Gasteiger partial charge in [-0.15, -0.1) is 5.10 Å². The molecule has 9 nitrogen and oxygen atoms in total. The Bertz CT molecular complexity index is 1350. The number of fused-ring (bicyclic) bond motifs is 1. The number of hydrogen-bond donors (Lipinski definition) is 1. The largest absolute Gasteiger partial charge is 0.471 e. The average Bonchev–Trinajstić information content (AvgIpc) is 3.43. The van der Waals surface area contributed by atoms with Gasteiger partial charge in [0.05, 0.1) is 23.0 Å². The molecular weight excluding hydrogens is 440 g/mol. The molecule has 1 aliphatic heterocycles. The van der Waals surface area contributed by atoms with Gasteiger partial charge in [0, 0.05) is 29.6 Å². The van der Waals surface area contributed by atoms with Crippen molar-refractivity contribution in [3.63, 3.8) is 0 Å². The van der Waals surface area contributed by atoms with E-state index in [-0.39, 0.29) is 6.10 Å². The molecule has 1 aliphatic rings. The van der Waals surface area contributed by atoms with Crippen LogP contribution >= 0.6 is 11.6 Å². The van der Waals surface area contributed by atoms with Crippen LogP contribution in [0.2, 0.25) is 5.02 Å². The third kappa shape index (κ3) is 4.03. The van der Waals surface area contributed by atoms with Crippen LogP contribution in [0.4, 0.5) is 0 Å². The van der Waals surface area contributed by atoms with Crippen molar-refractivity contribution in [2.75, 3.05) is 13.1 Å². The smallest absolute Gasteiger partial charge is 0.201 e. The summed E-state index contributed by atoms with van der Waals surface area (Å²) in [5.41, 5.74) is 4.43. The van der Waals surface area contributed by atoms with E-state index < -0.39 is 0 Å². The van der Waals surface area contributed by atoms with Crippen LogP contribution in [0.15, 0.2) is 36.8 Å². The molecule has 1 atom stereocenters. The zero-order valence-electron chi connectivity index (χ0n) is 18.4. The highest BCUT2D eigenvalue weighted by atomic mass is 35.5. The molecule has 0 saturated carbocycles. The maximum Gasteiger partial charge on any atom is 0.201 e. The summed E-state index contributed by atoms with van der Waals surface area (Å²) in [5, 5.41) is 22.5. The van der Waals surface area contributed by atoms with Crippen LogP contribution in [-0.4, -0.2) is 42.5 Å². The fourth-order valence-electron chi connectivity index (χ4n) is 4.29. The summed E-state index contributed by atoms with van der Waals surface area (Å²) < 4.78 is 10.0. The van der Waals surface area contributed by atoms with Gasteiger partial charge < -0.3 is 10.1 Å². The molecule has 4 aromatic rings. The van der Waals surface area contributed by atoms with Crippen LogP contribution < -0.4 is 10.1 Å². The van der Waals surface area contributed by atoms with E-state index in [2.05, 4.69) is 31.7 Å². The lowest BCUT2D eigenvalue weighted by Crippen LogP contribution is -2.30. The zero-order valence-corrected chi connectivity index (χ0v) is 19.1. The Balaban J connectivity index is 1.56. The van der Waals surface area contributed by atoms with E-state index in [0.717, 1.165) is 48.4 Å². The first kappa shape index (κ1) is 21.4. The molecule has 0 radical (unpaired) electrons. The number of rotatable bonds is 5. The minimum atomic E-state index is -0.352. The number of piperidine rings is 1. The molecule has 0 amide bonds. The predicted octanol–water partition coefficient (Wildman–Crippen LogP) is 3.89. The van der Waals surface area contributed by atoms with E-state index in [4.69, 9.17) is 16.3 Å². The van der Waals surface area contributed by atoms with Gasteiger partial charge in [-0.1, -0.05) is 16.8 Å². The molecule has 10 heteroatoms. The van der Waals surface area contributed by atoms with Gasteiger partial charge >= 0.3 is 0 Å². The van der Waals surface area contributed by atoms with E-state index in [1.54, 1.807) is 16.8 Å². The molecule has 1 fully saturated rings. The summed E-state index contributed by atoms with van der Waals surface area (Å²) >= 11 is 6.11. The minimum Gasteiger partial charge on any atom is -0.471 e. The average molecular weight is 463 g/mol. The van der Waals surface area contributed by atoms with Crippen molar-refractivity contribution in [2.45, 2.75) is 38.8 Å². The summed E-state index contributed by atoms with van der Waals surface area (Å²) in [6.45, 7) is 5.90. The molecule has 0 aromatic carbocycles. The number of nitrogens with one attached hydrogen (secondary N) is 1. The molecule has 1 N–H and O–H groups in total. The van der Waals surface area contributed by atoms with Crippen molar-refractivity contribution in [1.29, 1.82) is 5.26 Å². The van der Waals surface area contributed by atoms with E-state index in [1.165, 1.54) is 6.20 Å². The summed E-state index contributed by atoms with van der Waals surface area (Å²) in [6.07, 6.45) is 6.52. The molecule has 33 heavy (non-hydrogen) atoms. The Morgan fingerprint density at radius 3 is 2.79 bits per heavy atom. The number of halogens is 1. The molecule has 1 saturated heterocycles. The van der Waals surface area contributed by atoms with E-state index in [9.17, 15) is 5.26 Å². The van der Waals surface area contributed by atoms with Gasteiger partial charge in [0.2, 0.25) is 5.88 Å². The number of nitrogens with zero attached hydrogens (tertiary/aromatic N) is 7. The van der Waals surface area contributed by atoms with Gasteiger partial charge in [0.1, 0.15) is 29.2 Å². The fourth-order valence-corrected chi connectivity index (χ4v) is 4.47. The molecule has 5 rings (SSSR count). The molecule has 5 heterocycles. The third-order valence-electron chi connectivity index (χ3n) is 6.04. The Labute approximate surface area is 196 Å². The molecular formula is C23H23ClN8O. The highest BCUT2D eigenvalue weighted by molar-refractivity contribution is 6.30. The van der Waals surface area contributed by atoms with Gasteiger partial charge in [-0.3, -0.25) is 9.38 Å². The quantitative estimate of drug-likeness (QED) is 0.479. The second-order valence-electron chi connectivity index (χ2n) is 8.18. The molecule has 0 aliphatic carbocycles. The van der Waals surface area contributed by atoms with Crippen molar-refractivity contribution in [1.82, 2.24) is 34.7 Å². The molecule has 0 spiro atoms. The normalized spacial score (nSPS) is 15.5. The predicted molar refractivity (Wildman–Crippen MR) is 123 cm³/mol. The summed E-state index contributed by atoms with van der Waals surface area (Å²) in [7, 11) is 0. The standard InChI is InChI=1S/C23H23ClN8O/c1-14-23(29-30-32(14)19-3-5-26-6-4-19)16-8-21-28-13-20(10-25)31(21)22(9-16)33-15(2)17-7-18(24)12-27-11-17/h7-9,11-13,15,19,26H,3-6H2,1-2H3. The van der Waals surface area contributed by atoms with Gasteiger partial charge in [0.25, 0.3) is 0 Å².